The quantitative estimate of drug-likeness (QED) is 0.508. The Morgan fingerprint density at radius 3 is 2.38 bits per heavy atom. The highest BCUT2D eigenvalue weighted by Crippen LogP contribution is 2.22. The first kappa shape index (κ1) is 20.3. The molecule has 3 aromatic heterocycles. The van der Waals surface area contributed by atoms with E-state index in [-0.39, 0.29) is 11.8 Å². The molecule has 1 fully saturated rings. The number of fused-ring (bicyclic) bond motifs is 1. The number of nitrogens with zero attached hydrogens (tertiary/aromatic N) is 3. The van der Waals surface area contributed by atoms with E-state index in [0.717, 1.165) is 34.9 Å². The first-order valence-electron chi connectivity index (χ1n) is 10.7. The standard InChI is InChI=1S/C25H24N4O2S/c30-24(26-17-22-7-4-16-32-22)20-8-9-21-10-11-23(29(21)18-20)27-12-14-28(15-13-27)25(31)19-5-2-1-3-6-19/h1-11,16,18H,12-15,17H2,(H,26,30). The van der Waals surface area contributed by atoms with Gasteiger partial charge in [-0.3, -0.25) is 9.59 Å². The molecule has 32 heavy (non-hydrogen) atoms. The van der Waals surface area contributed by atoms with Gasteiger partial charge >= 0.3 is 0 Å². The summed E-state index contributed by atoms with van der Waals surface area (Å²) in [5.74, 6) is 1.04. The summed E-state index contributed by atoms with van der Waals surface area (Å²) in [6.07, 6.45) is 1.90. The van der Waals surface area contributed by atoms with Gasteiger partial charge in [-0.2, -0.15) is 0 Å². The molecule has 1 saturated heterocycles. The van der Waals surface area contributed by atoms with Crippen molar-refractivity contribution in [1.29, 1.82) is 0 Å². The molecule has 4 aromatic rings. The van der Waals surface area contributed by atoms with Crippen LogP contribution >= 0.6 is 11.3 Å². The van der Waals surface area contributed by atoms with Crippen molar-refractivity contribution in [1.82, 2.24) is 14.6 Å². The maximum absolute atomic E-state index is 12.7. The van der Waals surface area contributed by atoms with Crippen molar-refractivity contribution in [2.45, 2.75) is 6.54 Å². The van der Waals surface area contributed by atoms with E-state index in [0.29, 0.717) is 25.2 Å². The monoisotopic (exact) mass is 444 g/mol. The van der Waals surface area contributed by atoms with E-state index in [1.165, 1.54) is 0 Å². The van der Waals surface area contributed by atoms with Crippen LogP contribution in [0.15, 0.2) is 78.3 Å². The lowest BCUT2D eigenvalue weighted by Gasteiger charge is -2.36. The second-order valence-electron chi connectivity index (χ2n) is 7.81. The van der Waals surface area contributed by atoms with Gasteiger partial charge in [0.1, 0.15) is 5.82 Å². The molecular formula is C25H24N4O2S. The molecule has 1 aliphatic heterocycles. The molecule has 0 saturated carbocycles. The summed E-state index contributed by atoms with van der Waals surface area (Å²) >= 11 is 1.63. The first-order chi connectivity index (χ1) is 15.7. The molecule has 162 valence electrons. The molecule has 0 aliphatic carbocycles. The minimum absolute atomic E-state index is 0.0787. The number of thiophene rings is 1. The van der Waals surface area contributed by atoms with Crippen LogP contribution in [0, 0.1) is 0 Å². The number of carbonyl (C=O) groups is 2. The van der Waals surface area contributed by atoms with Crippen LogP contribution in [0.3, 0.4) is 0 Å². The van der Waals surface area contributed by atoms with Gasteiger partial charge in [0, 0.05) is 48.3 Å². The summed E-state index contributed by atoms with van der Waals surface area (Å²) in [5.41, 5.74) is 2.40. The minimum atomic E-state index is -0.0850. The highest BCUT2D eigenvalue weighted by atomic mass is 32.1. The van der Waals surface area contributed by atoms with Crippen LogP contribution in [0.4, 0.5) is 5.82 Å². The molecule has 2 amide bonds. The van der Waals surface area contributed by atoms with E-state index >= 15 is 0 Å². The van der Waals surface area contributed by atoms with Crippen molar-refractivity contribution in [3.63, 3.8) is 0 Å². The third-order valence-corrected chi connectivity index (χ3v) is 6.68. The highest BCUT2D eigenvalue weighted by Gasteiger charge is 2.23. The largest absolute Gasteiger partial charge is 0.354 e. The van der Waals surface area contributed by atoms with Crippen LogP contribution in [0.5, 0.6) is 0 Å². The number of benzene rings is 1. The number of amides is 2. The predicted molar refractivity (Wildman–Crippen MR) is 127 cm³/mol. The Balaban J connectivity index is 1.28. The van der Waals surface area contributed by atoms with Gasteiger partial charge in [0.15, 0.2) is 0 Å². The lowest BCUT2D eigenvalue weighted by molar-refractivity contribution is 0.0746. The summed E-state index contributed by atoms with van der Waals surface area (Å²) in [5, 5.41) is 5.00. The van der Waals surface area contributed by atoms with Crippen molar-refractivity contribution >= 4 is 34.5 Å². The fraction of sp³-hybridized carbons (Fsp3) is 0.200. The highest BCUT2D eigenvalue weighted by molar-refractivity contribution is 7.09. The summed E-state index contributed by atoms with van der Waals surface area (Å²) in [7, 11) is 0. The number of rotatable bonds is 5. The Bertz CT molecular complexity index is 1230. The summed E-state index contributed by atoms with van der Waals surface area (Å²) in [4.78, 5) is 30.7. The number of piperazine rings is 1. The van der Waals surface area contributed by atoms with Crippen molar-refractivity contribution < 1.29 is 9.59 Å². The zero-order valence-electron chi connectivity index (χ0n) is 17.6. The fourth-order valence-corrected chi connectivity index (χ4v) is 4.71. The zero-order valence-corrected chi connectivity index (χ0v) is 18.4. The van der Waals surface area contributed by atoms with E-state index in [4.69, 9.17) is 0 Å². The second kappa shape index (κ2) is 8.88. The number of carbonyl (C=O) groups excluding carboxylic acids is 2. The van der Waals surface area contributed by atoms with Crippen LogP contribution in [0.25, 0.3) is 5.52 Å². The topological polar surface area (TPSA) is 57.1 Å². The van der Waals surface area contributed by atoms with Crippen LogP contribution in [0.2, 0.25) is 0 Å². The second-order valence-corrected chi connectivity index (χ2v) is 8.84. The van der Waals surface area contributed by atoms with Gasteiger partial charge in [-0.15, -0.1) is 11.3 Å². The Labute approximate surface area is 190 Å². The molecule has 1 aromatic carbocycles. The number of nitrogens with one attached hydrogen (secondary N) is 1. The molecule has 0 radical (unpaired) electrons. The van der Waals surface area contributed by atoms with Gasteiger partial charge in [-0.05, 0) is 47.8 Å². The van der Waals surface area contributed by atoms with E-state index in [1.54, 1.807) is 11.3 Å². The first-order valence-corrected chi connectivity index (χ1v) is 11.6. The van der Waals surface area contributed by atoms with Crippen LogP contribution < -0.4 is 10.2 Å². The average Bonchev–Trinajstić information content (AvgIpc) is 3.52. The maximum atomic E-state index is 12.7. The molecule has 7 heteroatoms. The van der Waals surface area contributed by atoms with Crippen molar-refractivity contribution in [2.24, 2.45) is 0 Å². The third kappa shape index (κ3) is 4.11. The molecule has 1 aliphatic rings. The Morgan fingerprint density at radius 2 is 1.62 bits per heavy atom. The number of aromatic nitrogens is 1. The minimum Gasteiger partial charge on any atom is -0.354 e. The van der Waals surface area contributed by atoms with Gasteiger partial charge < -0.3 is 19.5 Å². The Hall–Kier alpha value is -3.58. The molecule has 6 nitrogen and oxygen atoms in total. The Morgan fingerprint density at radius 1 is 0.844 bits per heavy atom. The molecule has 0 bridgehead atoms. The number of anilines is 1. The molecule has 0 spiro atoms. The van der Waals surface area contributed by atoms with Crippen LogP contribution in [-0.4, -0.2) is 47.3 Å². The van der Waals surface area contributed by atoms with Crippen LogP contribution in [0.1, 0.15) is 25.6 Å². The summed E-state index contributed by atoms with van der Waals surface area (Å²) in [6, 6.07) is 21.4. The van der Waals surface area contributed by atoms with Gasteiger partial charge in [0.25, 0.3) is 11.8 Å². The zero-order chi connectivity index (χ0) is 21.9. The Kier molecular flexibility index (Phi) is 5.64. The average molecular weight is 445 g/mol. The van der Waals surface area contributed by atoms with Gasteiger partial charge in [-0.1, -0.05) is 24.3 Å². The number of hydrogen-bond acceptors (Lipinski definition) is 4. The fourth-order valence-electron chi connectivity index (χ4n) is 4.06. The third-order valence-electron chi connectivity index (χ3n) is 5.81. The molecule has 1 N–H and O–H groups in total. The SMILES string of the molecule is O=C(NCc1cccs1)c1ccc2ccc(N3CCN(C(=O)c4ccccc4)CC3)n2c1. The molecular weight excluding hydrogens is 420 g/mol. The maximum Gasteiger partial charge on any atom is 0.253 e. The lowest BCUT2D eigenvalue weighted by Crippen LogP contribution is -2.49. The van der Waals surface area contributed by atoms with Crippen molar-refractivity contribution in [3.8, 4) is 0 Å². The molecule has 5 rings (SSSR count). The molecule has 4 heterocycles. The smallest absolute Gasteiger partial charge is 0.253 e. The number of hydrogen-bond donors (Lipinski definition) is 1. The van der Waals surface area contributed by atoms with Gasteiger partial charge in [-0.25, -0.2) is 0 Å². The summed E-state index contributed by atoms with van der Waals surface area (Å²) in [6.45, 7) is 3.37. The van der Waals surface area contributed by atoms with Crippen molar-refractivity contribution in [3.05, 3.63) is 94.3 Å². The van der Waals surface area contributed by atoms with E-state index < -0.39 is 0 Å². The molecule has 0 atom stereocenters. The summed E-state index contributed by atoms with van der Waals surface area (Å²) < 4.78 is 2.06. The lowest BCUT2D eigenvalue weighted by atomic mass is 10.2. The normalized spacial score (nSPS) is 14.0. The van der Waals surface area contributed by atoms with Crippen molar-refractivity contribution in [2.75, 3.05) is 31.1 Å². The van der Waals surface area contributed by atoms with E-state index in [1.807, 2.05) is 71.1 Å². The van der Waals surface area contributed by atoms with Gasteiger partial charge in [0.05, 0.1) is 12.1 Å². The predicted octanol–water partition coefficient (Wildman–Crippen LogP) is 3.89. The van der Waals surface area contributed by atoms with Crippen LogP contribution in [-0.2, 0) is 6.54 Å². The number of pyridine rings is 1. The van der Waals surface area contributed by atoms with E-state index in [9.17, 15) is 9.59 Å². The molecule has 0 unspecified atom stereocenters. The van der Waals surface area contributed by atoms with Gasteiger partial charge in [0.2, 0.25) is 0 Å². The van der Waals surface area contributed by atoms with E-state index in [2.05, 4.69) is 26.8 Å².